The molecule has 4 heteroatoms. The zero-order chi connectivity index (χ0) is 19.1. The fourth-order valence-corrected chi connectivity index (χ4v) is 5.12. The van der Waals surface area contributed by atoms with Crippen LogP contribution in [-0.2, 0) is 11.2 Å². The molecule has 0 unspecified atom stereocenters. The largest absolute Gasteiger partial charge is 0.444 e. The van der Waals surface area contributed by atoms with E-state index in [1.807, 2.05) is 48.5 Å². The third-order valence-electron chi connectivity index (χ3n) is 6.50. The summed E-state index contributed by atoms with van der Waals surface area (Å²) in [6.45, 7) is 2.02. The van der Waals surface area contributed by atoms with Crippen molar-refractivity contribution in [3.8, 4) is 6.07 Å². The fraction of sp³-hybridized carbons (Fsp3) is 0.333. The number of rotatable bonds is 3. The Morgan fingerprint density at radius 3 is 2.32 bits per heavy atom. The first-order valence-corrected chi connectivity index (χ1v) is 9.99. The molecular weight excluding hydrogens is 346 g/mol. The highest BCUT2D eigenvalue weighted by atomic mass is 16.5. The number of piperidine rings is 1. The summed E-state index contributed by atoms with van der Waals surface area (Å²) < 4.78 is 6.15. The molecule has 28 heavy (non-hydrogen) atoms. The second-order valence-corrected chi connectivity index (χ2v) is 8.03. The van der Waals surface area contributed by atoms with Crippen LogP contribution in [0, 0.1) is 28.1 Å². The molecule has 2 atom stereocenters. The molecule has 0 aliphatic carbocycles. The predicted octanol–water partition coefficient (Wildman–Crippen LogP) is 4.47. The van der Waals surface area contributed by atoms with Crippen LogP contribution in [-0.4, -0.2) is 23.9 Å². The lowest BCUT2D eigenvalue weighted by Crippen LogP contribution is -2.53. The number of benzene rings is 2. The summed E-state index contributed by atoms with van der Waals surface area (Å²) in [5.41, 5.74) is 2.24. The van der Waals surface area contributed by atoms with E-state index in [0.717, 1.165) is 48.5 Å². The summed E-state index contributed by atoms with van der Waals surface area (Å²) in [5.74, 6) is 1.23. The molecule has 0 amide bonds. The first-order chi connectivity index (χ1) is 13.7. The van der Waals surface area contributed by atoms with Crippen LogP contribution >= 0.6 is 0 Å². The first kappa shape index (κ1) is 17.1. The Balaban J connectivity index is 1.71. The molecule has 2 aromatic rings. The van der Waals surface area contributed by atoms with E-state index in [9.17, 15) is 5.26 Å². The maximum absolute atomic E-state index is 10.5. The molecule has 4 aliphatic rings. The van der Waals surface area contributed by atoms with Gasteiger partial charge >= 0.3 is 0 Å². The molecule has 0 aromatic heterocycles. The average Bonchev–Trinajstić information content (AvgIpc) is 2.76. The van der Waals surface area contributed by atoms with Gasteiger partial charge in [-0.3, -0.25) is 5.41 Å². The third kappa shape index (κ3) is 2.46. The monoisotopic (exact) mass is 369 g/mol. The molecule has 1 N–H and O–H groups in total. The van der Waals surface area contributed by atoms with Gasteiger partial charge in [0.1, 0.15) is 11.2 Å². The Morgan fingerprint density at radius 1 is 1.04 bits per heavy atom. The highest BCUT2D eigenvalue weighted by molar-refractivity contribution is 5.87. The fourth-order valence-electron chi connectivity index (χ4n) is 5.12. The van der Waals surface area contributed by atoms with Crippen LogP contribution in [0.2, 0.25) is 0 Å². The van der Waals surface area contributed by atoms with Crippen molar-refractivity contribution >= 4 is 5.90 Å². The summed E-state index contributed by atoms with van der Waals surface area (Å²) in [4.78, 5) is 2.40. The molecule has 0 saturated carbocycles. The van der Waals surface area contributed by atoms with E-state index in [-0.39, 0.29) is 11.8 Å². The number of fused-ring (bicyclic) bond motifs is 2. The zero-order valence-corrected chi connectivity index (χ0v) is 15.8. The molecule has 1 saturated heterocycles. The number of nitrogens with zero attached hydrogens (tertiary/aromatic N) is 2. The lowest BCUT2D eigenvalue weighted by atomic mass is 9.64. The standard InChI is InChI=1S/C24H23N3O/c25-16-24(15-17-7-3-1-4-8-17)20(18-9-5-2-6-10-18)21-22(28-23(24)26)19-11-13-27(21)14-12-19/h1-10,19-20,26H,11-15H2/t20-,24+/m0/s1. The van der Waals surface area contributed by atoms with E-state index in [0.29, 0.717) is 12.3 Å². The number of hydrogen-bond acceptors (Lipinski definition) is 4. The molecule has 0 radical (unpaired) electrons. The summed E-state index contributed by atoms with van der Waals surface area (Å²) in [7, 11) is 0. The molecular formula is C24H23N3O. The maximum Gasteiger partial charge on any atom is 0.208 e. The molecule has 0 spiro atoms. The van der Waals surface area contributed by atoms with E-state index < -0.39 is 5.41 Å². The van der Waals surface area contributed by atoms with Gasteiger partial charge in [-0.25, -0.2) is 0 Å². The molecule has 1 fully saturated rings. The van der Waals surface area contributed by atoms with E-state index in [1.54, 1.807) is 0 Å². The Bertz CT molecular complexity index is 968. The van der Waals surface area contributed by atoms with Gasteiger partial charge in [0.05, 0.1) is 17.7 Å². The van der Waals surface area contributed by atoms with Crippen LogP contribution in [0.1, 0.15) is 29.9 Å². The lowest BCUT2D eigenvalue weighted by molar-refractivity contribution is 0.102. The van der Waals surface area contributed by atoms with Gasteiger partial charge in [-0.15, -0.1) is 0 Å². The SMILES string of the molecule is N#C[C@@]1(Cc2ccccc2)C(=N)OC2=C([C@@H]1c1ccccc1)N1CCC2CC1. The maximum atomic E-state index is 10.5. The van der Waals surface area contributed by atoms with Gasteiger partial charge in [-0.2, -0.15) is 5.26 Å². The first-order valence-electron chi connectivity index (χ1n) is 9.99. The molecule has 2 aromatic carbocycles. The minimum Gasteiger partial charge on any atom is -0.444 e. The van der Waals surface area contributed by atoms with Gasteiger partial charge in [-0.05, 0) is 24.0 Å². The summed E-state index contributed by atoms with van der Waals surface area (Å²) in [6, 6.07) is 22.8. The van der Waals surface area contributed by atoms with Gasteiger partial charge in [0.2, 0.25) is 5.90 Å². The molecule has 4 nitrogen and oxygen atoms in total. The highest BCUT2D eigenvalue weighted by Gasteiger charge is 2.56. The van der Waals surface area contributed by atoms with Crippen LogP contribution < -0.4 is 0 Å². The third-order valence-corrected chi connectivity index (χ3v) is 6.50. The van der Waals surface area contributed by atoms with E-state index in [1.165, 1.54) is 0 Å². The molecule has 4 heterocycles. The van der Waals surface area contributed by atoms with Crippen LogP contribution in [0.25, 0.3) is 0 Å². The van der Waals surface area contributed by atoms with E-state index >= 15 is 0 Å². The summed E-state index contributed by atoms with van der Waals surface area (Å²) >= 11 is 0. The minimum atomic E-state index is -1.04. The molecule has 140 valence electrons. The van der Waals surface area contributed by atoms with Crippen molar-refractivity contribution in [2.24, 2.45) is 11.3 Å². The van der Waals surface area contributed by atoms with Crippen LogP contribution in [0.4, 0.5) is 0 Å². The number of nitriles is 1. The number of hydrogen-bond donors (Lipinski definition) is 1. The Morgan fingerprint density at radius 2 is 1.68 bits per heavy atom. The van der Waals surface area contributed by atoms with Crippen molar-refractivity contribution in [2.45, 2.75) is 25.2 Å². The Kier molecular flexibility index (Phi) is 3.98. The lowest BCUT2D eigenvalue weighted by Gasteiger charge is -2.52. The smallest absolute Gasteiger partial charge is 0.208 e. The van der Waals surface area contributed by atoms with Gasteiger partial charge in [0.15, 0.2) is 0 Å². The van der Waals surface area contributed by atoms with Crippen molar-refractivity contribution in [1.82, 2.24) is 4.90 Å². The number of ether oxygens (including phenoxy) is 1. The average molecular weight is 369 g/mol. The Hall–Kier alpha value is -3.06. The Labute approximate surface area is 165 Å². The van der Waals surface area contributed by atoms with Gasteiger partial charge in [0.25, 0.3) is 0 Å². The van der Waals surface area contributed by atoms with Crippen LogP contribution in [0.15, 0.2) is 72.1 Å². The van der Waals surface area contributed by atoms with Gasteiger partial charge in [-0.1, -0.05) is 60.7 Å². The second-order valence-electron chi connectivity index (χ2n) is 8.03. The summed E-state index contributed by atoms with van der Waals surface area (Å²) in [5, 5.41) is 19.3. The number of nitrogens with one attached hydrogen (secondary N) is 1. The quantitative estimate of drug-likeness (QED) is 0.868. The van der Waals surface area contributed by atoms with Gasteiger partial charge in [0, 0.05) is 25.4 Å². The predicted molar refractivity (Wildman–Crippen MR) is 108 cm³/mol. The molecule has 4 aliphatic heterocycles. The number of allylic oxidation sites excluding steroid dienone is 2. The van der Waals surface area contributed by atoms with Gasteiger partial charge < -0.3 is 9.64 Å². The summed E-state index contributed by atoms with van der Waals surface area (Å²) in [6.07, 6.45) is 2.62. The van der Waals surface area contributed by atoms with Crippen molar-refractivity contribution < 1.29 is 4.74 Å². The van der Waals surface area contributed by atoms with Crippen molar-refractivity contribution in [3.63, 3.8) is 0 Å². The minimum absolute atomic E-state index is 0.0974. The molecule has 2 bridgehead atoms. The highest BCUT2D eigenvalue weighted by Crippen LogP contribution is 2.54. The van der Waals surface area contributed by atoms with Crippen molar-refractivity contribution in [3.05, 3.63) is 83.2 Å². The van der Waals surface area contributed by atoms with E-state index in [4.69, 9.17) is 10.1 Å². The van der Waals surface area contributed by atoms with Crippen molar-refractivity contribution in [1.29, 1.82) is 10.7 Å². The normalized spacial score (nSPS) is 26.6. The van der Waals surface area contributed by atoms with Crippen LogP contribution in [0.3, 0.4) is 0 Å². The second kappa shape index (κ2) is 6.53. The topological polar surface area (TPSA) is 60.1 Å². The van der Waals surface area contributed by atoms with E-state index in [2.05, 4.69) is 23.1 Å². The molecule has 6 rings (SSSR count). The van der Waals surface area contributed by atoms with Crippen molar-refractivity contribution in [2.75, 3.05) is 13.1 Å². The zero-order valence-electron chi connectivity index (χ0n) is 15.8. The van der Waals surface area contributed by atoms with Crippen LogP contribution in [0.5, 0.6) is 0 Å².